The van der Waals surface area contributed by atoms with Crippen molar-refractivity contribution in [3.8, 4) is 0 Å². The summed E-state index contributed by atoms with van der Waals surface area (Å²) in [6.07, 6.45) is 0.702. The zero-order chi connectivity index (χ0) is 10.2. The largest absolute Gasteiger partial charge is 0.506 e. The lowest BCUT2D eigenvalue weighted by molar-refractivity contribution is -0.133. The van der Waals surface area contributed by atoms with E-state index in [-0.39, 0.29) is 12.0 Å². The van der Waals surface area contributed by atoms with Gasteiger partial charge in [0.15, 0.2) is 11.5 Å². The lowest BCUT2D eigenvalue weighted by atomic mass is 9.89. The number of aliphatic hydroxyl groups excluding tert-OH is 2. The van der Waals surface area contributed by atoms with E-state index in [2.05, 4.69) is 0 Å². The van der Waals surface area contributed by atoms with Crippen molar-refractivity contribution in [3.05, 3.63) is 23.2 Å². The van der Waals surface area contributed by atoms with Gasteiger partial charge < -0.3 is 20.4 Å². The normalized spacial score (nSPS) is 28.6. The maximum atomic E-state index is 10.5. The van der Waals surface area contributed by atoms with Crippen molar-refractivity contribution >= 4 is 5.97 Å². The van der Waals surface area contributed by atoms with Gasteiger partial charge >= 0.3 is 5.97 Å². The molecule has 1 unspecified atom stereocenters. The van der Waals surface area contributed by atoms with Crippen LogP contribution in [0.3, 0.4) is 0 Å². The van der Waals surface area contributed by atoms with Crippen molar-refractivity contribution in [1.82, 2.24) is 0 Å². The van der Waals surface area contributed by atoms with Crippen molar-refractivity contribution in [1.29, 1.82) is 0 Å². The molecule has 0 aromatic rings. The van der Waals surface area contributed by atoms with Crippen molar-refractivity contribution in [2.24, 2.45) is 0 Å². The molecular weight excluding hydrogens is 176 g/mol. The SMILES string of the molecule is CC1(O)CC(C(=O)O)=CC(O)=C1O. The molecule has 72 valence electrons. The molecule has 1 atom stereocenters. The molecule has 0 fully saturated rings. The van der Waals surface area contributed by atoms with Gasteiger partial charge in [0.1, 0.15) is 5.60 Å². The molecule has 0 amide bonds. The molecule has 0 saturated heterocycles. The highest BCUT2D eigenvalue weighted by Gasteiger charge is 2.35. The number of rotatable bonds is 1. The first-order chi connectivity index (χ1) is 5.84. The number of aliphatic hydroxyl groups is 3. The van der Waals surface area contributed by atoms with Crippen LogP contribution in [0.5, 0.6) is 0 Å². The molecule has 13 heavy (non-hydrogen) atoms. The van der Waals surface area contributed by atoms with Crippen LogP contribution in [0.25, 0.3) is 0 Å². The molecule has 1 aliphatic carbocycles. The van der Waals surface area contributed by atoms with Gasteiger partial charge in [-0.3, -0.25) is 0 Å². The summed E-state index contributed by atoms with van der Waals surface area (Å²) >= 11 is 0. The van der Waals surface area contributed by atoms with E-state index < -0.39 is 23.1 Å². The summed E-state index contributed by atoms with van der Waals surface area (Å²) < 4.78 is 0. The fourth-order valence-corrected chi connectivity index (χ4v) is 1.15. The van der Waals surface area contributed by atoms with Gasteiger partial charge in [0.05, 0.1) is 0 Å². The third kappa shape index (κ3) is 1.65. The molecule has 5 heteroatoms. The van der Waals surface area contributed by atoms with Crippen LogP contribution in [0.2, 0.25) is 0 Å². The molecule has 0 heterocycles. The molecule has 4 N–H and O–H groups in total. The van der Waals surface area contributed by atoms with Crippen molar-refractivity contribution in [2.75, 3.05) is 0 Å². The number of hydrogen-bond acceptors (Lipinski definition) is 4. The van der Waals surface area contributed by atoms with Gasteiger partial charge in [-0.05, 0) is 13.0 Å². The molecule has 1 aliphatic rings. The Hall–Kier alpha value is -1.49. The monoisotopic (exact) mass is 186 g/mol. The first-order valence-electron chi connectivity index (χ1n) is 3.63. The highest BCUT2D eigenvalue weighted by atomic mass is 16.4. The Kier molecular flexibility index (Phi) is 2.05. The maximum Gasteiger partial charge on any atom is 0.331 e. The van der Waals surface area contributed by atoms with Crippen molar-refractivity contribution < 1.29 is 25.2 Å². The average Bonchev–Trinajstić information content (AvgIpc) is 1.99. The Morgan fingerprint density at radius 2 is 2.08 bits per heavy atom. The second-order valence-electron chi connectivity index (χ2n) is 3.16. The molecule has 0 bridgehead atoms. The van der Waals surface area contributed by atoms with Crippen LogP contribution in [-0.2, 0) is 4.79 Å². The summed E-state index contributed by atoms with van der Waals surface area (Å²) in [5, 5.41) is 36.3. The van der Waals surface area contributed by atoms with Crippen LogP contribution in [0.4, 0.5) is 0 Å². The van der Waals surface area contributed by atoms with Crippen LogP contribution in [-0.4, -0.2) is 32.0 Å². The zero-order valence-corrected chi connectivity index (χ0v) is 6.98. The summed E-state index contributed by atoms with van der Waals surface area (Å²) in [6.45, 7) is 1.23. The van der Waals surface area contributed by atoms with E-state index in [1.54, 1.807) is 0 Å². The summed E-state index contributed by atoms with van der Waals surface area (Å²) in [4.78, 5) is 10.5. The Morgan fingerprint density at radius 1 is 1.54 bits per heavy atom. The molecule has 0 saturated carbocycles. The third-order valence-corrected chi connectivity index (χ3v) is 1.87. The molecule has 0 aromatic heterocycles. The van der Waals surface area contributed by atoms with Crippen LogP contribution in [0.15, 0.2) is 23.2 Å². The first kappa shape index (κ1) is 9.60. The van der Waals surface area contributed by atoms with Crippen LogP contribution >= 0.6 is 0 Å². The van der Waals surface area contributed by atoms with E-state index in [0.717, 1.165) is 6.08 Å². The summed E-state index contributed by atoms with van der Waals surface area (Å²) in [7, 11) is 0. The van der Waals surface area contributed by atoms with E-state index in [1.807, 2.05) is 0 Å². The number of carboxylic acids is 1. The Labute approximate surface area is 74.2 Å². The average molecular weight is 186 g/mol. The van der Waals surface area contributed by atoms with Gasteiger partial charge in [-0.2, -0.15) is 0 Å². The second-order valence-corrected chi connectivity index (χ2v) is 3.16. The molecule has 0 radical (unpaired) electrons. The van der Waals surface area contributed by atoms with E-state index >= 15 is 0 Å². The quantitative estimate of drug-likeness (QED) is 0.477. The summed E-state index contributed by atoms with van der Waals surface area (Å²) in [5.41, 5.74) is -1.84. The standard InChI is InChI=1S/C8H10O5/c1-8(13)3-4(7(11)12)2-5(9)6(8)10/h2,9-10,13H,3H2,1H3,(H,11,12). The smallest absolute Gasteiger partial charge is 0.331 e. The van der Waals surface area contributed by atoms with Crippen LogP contribution in [0.1, 0.15) is 13.3 Å². The lowest BCUT2D eigenvalue weighted by Gasteiger charge is -2.26. The third-order valence-electron chi connectivity index (χ3n) is 1.87. The lowest BCUT2D eigenvalue weighted by Crippen LogP contribution is -2.32. The Balaban J connectivity index is 3.12. The van der Waals surface area contributed by atoms with Gasteiger partial charge in [0.2, 0.25) is 0 Å². The molecule has 1 rings (SSSR count). The van der Waals surface area contributed by atoms with Gasteiger partial charge in [0.25, 0.3) is 0 Å². The molecule has 5 nitrogen and oxygen atoms in total. The van der Waals surface area contributed by atoms with E-state index in [4.69, 9.17) is 15.3 Å². The zero-order valence-electron chi connectivity index (χ0n) is 6.98. The highest BCUT2D eigenvalue weighted by molar-refractivity contribution is 5.87. The van der Waals surface area contributed by atoms with Gasteiger partial charge in [-0.1, -0.05) is 0 Å². The van der Waals surface area contributed by atoms with Crippen LogP contribution in [0, 0.1) is 0 Å². The molecule has 0 aliphatic heterocycles. The van der Waals surface area contributed by atoms with Crippen LogP contribution < -0.4 is 0 Å². The van der Waals surface area contributed by atoms with Gasteiger partial charge in [0, 0.05) is 12.0 Å². The summed E-state index contributed by atoms with van der Waals surface area (Å²) in [5.74, 6) is -2.43. The van der Waals surface area contributed by atoms with Gasteiger partial charge in [-0.15, -0.1) is 0 Å². The minimum atomic E-state index is -1.70. The highest BCUT2D eigenvalue weighted by Crippen LogP contribution is 2.30. The molecular formula is C8H10O5. The number of hydrogen-bond donors (Lipinski definition) is 4. The second kappa shape index (κ2) is 2.77. The topological polar surface area (TPSA) is 98.0 Å². The summed E-state index contributed by atoms with van der Waals surface area (Å²) in [6, 6.07) is 0. The minimum Gasteiger partial charge on any atom is -0.506 e. The van der Waals surface area contributed by atoms with E-state index in [1.165, 1.54) is 6.92 Å². The predicted octanol–water partition coefficient (Wildman–Crippen LogP) is 0.480. The number of carboxylic acid groups (broad SMARTS) is 1. The Morgan fingerprint density at radius 3 is 2.46 bits per heavy atom. The number of aliphatic carboxylic acids is 1. The Bertz CT molecular complexity index is 310. The van der Waals surface area contributed by atoms with E-state index in [9.17, 15) is 9.90 Å². The minimum absolute atomic E-state index is 0.139. The maximum absolute atomic E-state index is 10.5. The molecule has 0 spiro atoms. The fourth-order valence-electron chi connectivity index (χ4n) is 1.15. The fraction of sp³-hybridized carbons (Fsp3) is 0.375. The molecule has 0 aromatic carbocycles. The van der Waals surface area contributed by atoms with Crippen molar-refractivity contribution in [3.63, 3.8) is 0 Å². The number of allylic oxidation sites excluding steroid dienone is 1. The van der Waals surface area contributed by atoms with Gasteiger partial charge in [-0.25, -0.2) is 4.79 Å². The first-order valence-corrected chi connectivity index (χ1v) is 3.63. The number of carbonyl (C=O) groups is 1. The predicted molar refractivity (Wildman–Crippen MR) is 43.2 cm³/mol. The van der Waals surface area contributed by atoms with Crippen molar-refractivity contribution in [2.45, 2.75) is 18.9 Å². The van der Waals surface area contributed by atoms with E-state index in [0.29, 0.717) is 0 Å².